The number of ether oxygens (including phenoxy) is 1. The SMILES string of the molecule is CN(CC1CNC(=O)O1)CC(C)(C)O. The van der Waals surface area contributed by atoms with Gasteiger partial charge in [-0.2, -0.15) is 0 Å². The number of aliphatic hydroxyl groups is 1. The van der Waals surface area contributed by atoms with Gasteiger partial charge in [0.2, 0.25) is 0 Å². The molecule has 0 spiro atoms. The summed E-state index contributed by atoms with van der Waals surface area (Å²) < 4.78 is 4.97. The Morgan fingerprint density at radius 1 is 1.71 bits per heavy atom. The Kier molecular flexibility index (Phi) is 3.34. The third-order valence-electron chi connectivity index (χ3n) is 1.92. The van der Waals surface area contributed by atoms with Gasteiger partial charge in [-0.1, -0.05) is 0 Å². The second kappa shape index (κ2) is 4.14. The van der Waals surface area contributed by atoms with E-state index in [0.717, 1.165) is 0 Å². The van der Waals surface area contributed by atoms with Gasteiger partial charge in [-0.3, -0.25) is 4.90 Å². The molecule has 1 atom stereocenters. The predicted octanol–water partition coefficient (Wildman–Crippen LogP) is -0.203. The molecule has 1 amide bonds. The van der Waals surface area contributed by atoms with Crippen LogP contribution in [0.3, 0.4) is 0 Å². The van der Waals surface area contributed by atoms with Gasteiger partial charge < -0.3 is 15.2 Å². The zero-order chi connectivity index (χ0) is 10.8. The fourth-order valence-corrected chi connectivity index (χ4v) is 1.61. The summed E-state index contributed by atoms with van der Waals surface area (Å²) >= 11 is 0. The van der Waals surface area contributed by atoms with E-state index in [-0.39, 0.29) is 12.2 Å². The molecule has 0 radical (unpaired) electrons. The number of carbonyl (C=O) groups excluding carboxylic acids is 1. The van der Waals surface area contributed by atoms with Gasteiger partial charge >= 0.3 is 6.09 Å². The molecule has 1 fully saturated rings. The van der Waals surface area contributed by atoms with Crippen molar-refractivity contribution in [3.8, 4) is 0 Å². The molecule has 1 heterocycles. The Morgan fingerprint density at radius 2 is 2.36 bits per heavy atom. The fourth-order valence-electron chi connectivity index (χ4n) is 1.61. The van der Waals surface area contributed by atoms with Crippen LogP contribution in [-0.4, -0.2) is 54.5 Å². The minimum atomic E-state index is -0.717. The molecule has 0 aliphatic carbocycles. The summed E-state index contributed by atoms with van der Waals surface area (Å²) in [5.74, 6) is 0. The van der Waals surface area contributed by atoms with Gasteiger partial charge in [0.1, 0.15) is 6.10 Å². The molecular formula is C9H18N2O3. The highest BCUT2D eigenvalue weighted by molar-refractivity contribution is 5.69. The Morgan fingerprint density at radius 3 is 2.79 bits per heavy atom. The van der Waals surface area contributed by atoms with Crippen molar-refractivity contribution in [2.75, 3.05) is 26.7 Å². The average Bonchev–Trinajstić information content (AvgIpc) is 2.30. The zero-order valence-corrected chi connectivity index (χ0v) is 8.91. The summed E-state index contributed by atoms with van der Waals surface area (Å²) in [6.07, 6.45) is -0.457. The molecule has 5 nitrogen and oxygen atoms in total. The summed E-state index contributed by atoms with van der Waals surface area (Å²) in [5, 5.41) is 12.1. The molecule has 0 bridgehead atoms. The first kappa shape index (κ1) is 11.3. The first-order valence-corrected chi connectivity index (χ1v) is 4.72. The van der Waals surface area contributed by atoms with E-state index in [1.807, 2.05) is 11.9 Å². The fraction of sp³-hybridized carbons (Fsp3) is 0.889. The number of likely N-dealkylation sites (N-methyl/N-ethyl adjacent to an activating group) is 1. The minimum Gasteiger partial charge on any atom is -0.443 e. The van der Waals surface area contributed by atoms with Crippen LogP contribution in [0.2, 0.25) is 0 Å². The van der Waals surface area contributed by atoms with E-state index < -0.39 is 5.60 Å². The van der Waals surface area contributed by atoms with Crippen molar-refractivity contribution in [2.24, 2.45) is 0 Å². The van der Waals surface area contributed by atoms with Crippen molar-refractivity contribution in [2.45, 2.75) is 25.6 Å². The summed E-state index contributed by atoms with van der Waals surface area (Å²) in [4.78, 5) is 12.7. The summed E-state index contributed by atoms with van der Waals surface area (Å²) in [7, 11) is 1.89. The van der Waals surface area contributed by atoms with Gasteiger partial charge in [-0.15, -0.1) is 0 Å². The third kappa shape index (κ3) is 3.93. The summed E-state index contributed by atoms with van der Waals surface area (Å²) in [5.41, 5.74) is -0.717. The monoisotopic (exact) mass is 202 g/mol. The highest BCUT2D eigenvalue weighted by Gasteiger charge is 2.25. The molecule has 0 aromatic rings. The number of cyclic esters (lactones) is 1. The summed E-state index contributed by atoms with van der Waals surface area (Å²) in [6.45, 7) is 5.25. The maximum Gasteiger partial charge on any atom is 0.407 e. The molecule has 1 saturated heterocycles. The molecule has 0 aromatic carbocycles. The largest absolute Gasteiger partial charge is 0.443 e. The molecular weight excluding hydrogens is 184 g/mol. The molecule has 1 aliphatic heterocycles. The molecule has 2 N–H and O–H groups in total. The van der Waals surface area contributed by atoms with Gasteiger partial charge in [-0.25, -0.2) is 4.79 Å². The van der Waals surface area contributed by atoms with Gasteiger partial charge in [0, 0.05) is 13.1 Å². The van der Waals surface area contributed by atoms with Crippen LogP contribution < -0.4 is 5.32 Å². The van der Waals surface area contributed by atoms with Crippen LogP contribution >= 0.6 is 0 Å². The second-order valence-electron chi connectivity index (χ2n) is 4.42. The maximum atomic E-state index is 10.7. The molecule has 1 unspecified atom stereocenters. The molecule has 14 heavy (non-hydrogen) atoms. The Labute approximate surface area is 84.0 Å². The maximum absolute atomic E-state index is 10.7. The number of carbonyl (C=O) groups is 1. The second-order valence-corrected chi connectivity index (χ2v) is 4.42. The van der Waals surface area contributed by atoms with E-state index in [1.54, 1.807) is 13.8 Å². The third-order valence-corrected chi connectivity index (χ3v) is 1.92. The number of rotatable bonds is 4. The van der Waals surface area contributed by atoms with Crippen molar-refractivity contribution >= 4 is 6.09 Å². The Balaban J connectivity index is 2.27. The molecule has 1 aliphatic rings. The lowest BCUT2D eigenvalue weighted by Gasteiger charge is -2.26. The quantitative estimate of drug-likeness (QED) is 0.662. The topological polar surface area (TPSA) is 61.8 Å². The van der Waals surface area contributed by atoms with Crippen molar-refractivity contribution in [1.82, 2.24) is 10.2 Å². The van der Waals surface area contributed by atoms with Crippen molar-refractivity contribution in [1.29, 1.82) is 0 Å². The van der Waals surface area contributed by atoms with Crippen LogP contribution in [0, 0.1) is 0 Å². The molecule has 82 valence electrons. The highest BCUT2D eigenvalue weighted by atomic mass is 16.6. The van der Waals surface area contributed by atoms with Crippen LogP contribution in [0.5, 0.6) is 0 Å². The van der Waals surface area contributed by atoms with E-state index in [9.17, 15) is 9.90 Å². The smallest absolute Gasteiger partial charge is 0.407 e. The molecule has 0 saturated carbocycles. The lowest BCUT2D eigenvalue weighted by atomic mass is 10.1. The zero-order valence-electron chi connectivity index (χ0n) is 8.91. The van der Waals surface area contributed by atoms with E-state index in [2.05, 4.69) is 5.32 Å². The standard InChI is InChI=1S/C9H18N2O3/c1-9(2,13)6-11(3)5-7-4-10-8(12)14-7/h7,13H,4-6H2,1-3H3,(H,10,12). The van der Waals surface area contributed by atoms with Crippen LogP contribution in [-0.2, 0) is 4.74 Å². The molecule has 5 heteroatoms. The van der Waals surface area contributed by atoms with Crippen LogP contribution in [0.25, 0.3) is 0 Å². The first-order chi connectivity index (χ1) is 6.37. The van der Waals surface area contributed by atoms with E-state index >= 15 is 0 Å². The molecule has 1 rings (SSSR count). The van der Waals surface area contributed by atoms with E-state index in [4.69, 9.17) is 4.74 Å². The van der Waals surface area contributed by atoms with Crippen molar-refractivity contribution in [3.63, 3.8) is 0 Å². The normalized spacial score (nSPS) is 22.4. The van der Waals surface area contributed by atoms with Gasteiger partial charge in [0.15, 0.2) is 0 Å². The van der Waals surface area contributed by atoms with Crippen molar-refractivity contribution in [3.05, 3.63) is 0 Å². The number of hydrogen-bond acceptors (Lipinski definition) is 4. The van der Waals surface area contributed by atoms with Crippen LogP contribution in [0.4, 0.5) is 4.79 Å². The number of nitrogens with zero attached hydrogens (tertiary/aromatic N) is 1. The average molecular weight is 202 g/mol. The number of alkyl carbamates (subject to hydrolysis) is 1. The van der Waals surface area contributed by atoms with Gasteiger partial charge in [0.25, 0.3) is 0 Å². The van der Waals surface area contributed by atoms with E-state index in [0.29, 0.717) is 19.6 Å². The van der Waals surface area contributed by atoms with Gasteiger partial charge in [0.05, 0.1) is 12.1 Å². The number of hydrogen-bond donors (Lipinski definition) is 2. The minimum absolute atomic E-state index is 0.102. The highest BCUT2D eigenvalue weighted by Crippen LogP contribution is 2.06. The van der Waals surface area contributed by atoms with Crippen LogP contribution in [0.1, 0.15) is 13.8 Å². The lowest BCUT2D eigenvalue weighted by Crippen LogP contribution is -2.40. The van der Waals surface area contributed by atoms with Gasteiger partial charge in [-0.05, 0) is 20.9 Å². The predicted molar refractivity (Wildman–Crippen MR) is 52.1 cm³/mol. The first-order valence-electron chi connectivity index (χ1n) is 4.72. The Bertz CT molecular complexity index is 213. The summed E-state index contributed by atoms with van der Waals surface area (Å²) in [6, 6.07) is 0. The van der Waals surface area contributed by atoms with Crippen LogP contribution in [0.15, 0.2) is 0 Å². The Hall–Kier alpha value is -0.810. The van der Waals surface area contributed by atoms with Crippen molar-refractivity contribution < 1.29 is 14.6 Å². The number of amides is 1. The number of nitrogens with one attached hydrogen (secondary N) is 1. The lowest BCUT2D eigenvalue weighted by molar-refractivity contribution is 0.0317. The molecule has 0 aromatic heterocycles. The van der Waals surface area contributed by atoms with E-state index in [1.165, 1.54) is 0 Å².